The fraction of sp³-hybridized carbons (Fsp3) is 0.250. The Kier molecular flexibility index (Phi) is 2.42. The Bertz CT molecular complexity index is 695. The lowest BCUT2D eigenvalue weighted by molar-refractivity contribution is 0.312. The zero-order valence-electron chi connectivity index (χ0n) is 10.0. The van der Waals surface area contributed by atoms with E-state index < -0.39 is 5.54 Å². The molecule has 6 heteroatoms. The van der Waals surface area contributed by atoms with E-state index in [9.17, 15) is 0 Å². The molecule has 3 aromatic rings. The monoisotopic (exact) mass is 260 g/mol. The summed E-state index contributed by atoms with van der Waals surface area (Å²) in [6.07, 6.45) is 1.74. The molecule has 0 radical (unpaired) electrons. The molecule has 0 aliphatic rings. The lowest BCUT2D eigenvalue weighted by atomic mass is 10.1. The molecule has 3 aromatic heterocycles. The van der Waals surface area contributed by atoms with Crippen molar-refractivity contribution < 1.29 is 4.52 Å². The third-order valence-electron chi connectivity index (χ3n) is 2.54. The van der Waals surface area contributed by atoms with Crippen LogP contribution >= 0.6 is 11.3 Å². The maximum Gasteiger partial charge on any atom is 0.246 e. The minimum atomic E-state index is -0.633. The van der Waals surface area contributed by atoms with E-state index in [0.717, 1.165) is 15.8 Å². The van der Waals surface area contributed by atoms with Gasteiger partial charge in [-0.3, -0.25) is 4.98 Å². The highest BCUT2D eigenvalue weighted by Gasteiger charge is 2.22. The second-order valence-electron chi connectivity index (χ2n) is 4.67. The van der Waals surface area contributed by atoms with Crippen LogP contribution in [-0.4, -0.2) is 15.1 Å². The summed E-state index contributed by atoms with van der Waals surface area (Å²) < 4.78 is 6.27. The molecular formula is C12H12N4OS. The Morgan fingerprint density at radius 1 is 1.39 bits per heavy atom. The topological polar surface area (TPSA) is 77.8 Å². The fourth-order valence-corrected chi connectivity index (χ4v) is 2.35. The second kappa shape index (κ2) is 3.86. The van der Waals surface area contributed by atoms with Crippen LogP contribution in [-0.2, 0) is 5.54 Å². The van der Waals surface area contributed by atoms with E-state index in [4.69, 9.17) is 10.3 Å². The molecule has 0 aliphatic heterocycles. The van der Waals surface area contributed by atoms with E-state index in [1.54, 1.807) is 17.5 Å². The van der Waals surface area contributed by atoms with Crippen molar-refractivity contribution in [3.05, 3.63) is 29.6 Å². The highest BCUT2D eigenvalue weighted by atomic mass is 32.1. The average molecular weight is 260 g/mol. The number of nitrogens with zero attached hydrogens (tertiary/aromatic N) is 3. The minimum Gasteiger partial charge on any atom is -0.337 e. The molecule has 18 heavy (non-hydrogen) atoms. The van der Waals surface area contributed by atoms with E-state index in [1.807, 2.05) is 31.4 Å². The molecule has 3 heterocycles. The zero-order valence-corrected chi connectivity index (χ0v) is 10.9. The standard InChI is InChI=1S/C12H12N4OS/c1-12(2,13)11-15-10(16-17-11)7-5-9-8(14-6-7)3-4-18-9/h3-6H,13H2,1-2H3. The second-order valence-corrected chi connectivity index (χ2v) is 5.62. The quantitative estimate of drug-likeness (QED) is 0.766. The van der Waals surface area contributed by atoms with Crippen molar-refractivity contribution in [1.82, 2.24) is 15.1 Å². The highest BCUT2D eigenvalue weighted by molar-refractivity contribution is 7.17. The molecule has 0 fully saturated rings. The van der Waals surface area contributed by atoms with Gasteiger partial charge in [0.2, 0.25) is 11.7 Å². The molecule has 3 rings (SSSR count). The van der Waals surface area contributed by atoms with Crippen molar-refractivity contribution in [1.29, 1.82) is 0 Å². The summed E-state index contributed by atoms with van der Waals surface area (Å²) in [6, 6.07) is 3.99. The van der Waals surface area contributed by atoms with Gasteiger partial charge in [-0.25, -0.2) is 0 Å². The maximum absolute atomic E-state index is 5.91. The number of fused-ring (bicyclic) bond motifs is 1. The van der Waals surface area contributed by atoms with Crippen LogP contribution in [0.3, 0.4) is 0 Å². The van der Waals surface area contributed by atoms with E-state index >= 15 is 0 Å². The van der Waals surface area contributed by atoms with Crippen LogP contribution < -0.4 is 5.73 Å². The summed E-state index contributed by atoms with van der Waals surface area (Å²) in [7, 11) is 0. The fourth-order valence-electron chi connectivity index (χ4n) is 1.57. The third-order valence-corrected chi connectivity index (χ3v) is 3.39. The molecule has 0 amide bonds. The van der Waals surface area contributed by atoms with E-state index in [-0.39, 0.29) is 0 Å². The van der Waals surface area contributed by atoms with Gasteiger partial charge in [-0.1, -0.05) is 5.16 Å². The molecule has 5 nitrogen and oxygen atoms in total. The number of hydrogen-bond donors (Lipinski definition) is 1. The van der Waals surface area contributed by atoms with Gasteiger partial charge in [-0.2, -0.15) is 4.98 Å². The van der Waals surface area contributed by atoms with Gasteiger partial charge in [-0.15, -0.1) is 11.3 Å². The summed E-state index contributed by atoms with van der Waals surface area (Å²) in [4.78, 5) is 8.65. The van der Waals surface area contributed by atoms with Gasteiger partial charge in [0.15, 0.2) is 0 Å². The van der Waals surface area contributed by atoms with Crippen molar-refractivity contribution in [2.45, 2.75) is 19.4 Å². The first-order valence-electron chi connectivity index (χ1n) is 5.51. The van der Waals surface area contributed by atoms with Gasteiger partial charge in [0, 0.05) is 11.8 Å². The van der Waals surface area contributed by atoms with Crippen molar-refractivity contribution in [2.75, 3.05) is 0 Å². The van der Waals surface area contributed by atoms with Gasteiger partial charge >= 0.3 is 0 Å². The third kappa shape index (κ3) is 1.89. The number of thiophene rings is 1. The lowest BCUT2D eigenvalue weighted by Crippen LogP contribution is -2.28. The molecule has 0 unspecified atom stereocenters. The molecule has 0 saturated heterocycles. The molecule has 0 bridgehead atoms. The van der Waals surface area contributed by atoms with Gasteiger partial charge in [0.05, 0.1) is 15.8 Å². The first kappa shape index (κ1) is 11.3. The largest absolute Gasteiger partial charge is 0.337 e. The Hall–Kier alpha value is -1.79. The van der Waals surface area contributed by atoms with Crippen LogP contribution in [0.25, 0.3) is 21.6 Å². The first-order valence-corrected chi connectivity index (χ1v) is 6.39. The Labute approximate surface area is 108 Å². The Balaban J connectivity index is 2.06. The van der Waals surface area contributed by atoms with Crippen LogP contribution in [0.4, 0.5) is 0 Å². The summed E-state index contributed by atoms with van der Waals surface area (Å²) in [5, 5.41) is 5.95. The normalized spacial score (nSPS) is 12.2. The number of hydrogen-bond acceptors (Lipinski definition) is 6. The predicted octanol–water partition coefficient (Wildman–Crippen LogP) is 2.54. The summed E-state index contributed by atoms with van der Waals surface area (Å²) in [6.45, 7) is 3.65. The van der Waals surface area contributed by atoms with Crippen LogP contribution in [0.2, 0.25) is 0 Å². The average Bonchev–Trinajstić information content (AvgIpc) is 2.96. The Morgan fingerprint density at radius 2 is 2.22 bits per heavy atom. The molecule has 2 N–H and O–H groups in total. The van der Waals surface area contributed by atoms with Crippen molar-refractivity contribution in [2.24, 2.45) is 5.73 Å². The van der Waals surface area contributed by atoms with Crippen LogP contribution in [0.1, 0.15) is 19.7 Å². The lowest BCUT2D eigenvalue weighted by Gasteiger charge is -2.10. The minimum absolute atomic E-state index is 0.420. The summed E-state index contributed by atoms with van der Waals surface area (Å²) >= 11 is 1.64. The molecular weight excluding hydrogens is 248 g/mol. The maximum atomic E-state index is 5.91. The molecule has 0 aliphatic carbocycles. The van der Waals surface area contributed by atoms with Crippen molar-refractivity contribution in [3.63, 3.8) is 0 Å². The molecule has 92 valence electrons. The number of pyridine rings is 1. The predicted molar refractivity (Wildman–Crippen MR) is 70.1 cm³/mol. The van der Waals surface area contributed by atoms with Gasteiger partial charge in [0.1, 0.15) is 0 Å². The zero-order chi connectivity index (χ0) is 12.8. The van der Waals surface area contributed by atoms with Gasteiger partial charge in [-0.05, 0) is 31.4 Å². The smallest absolute Gasteiger partial charge is 0.246 e. The van der Waals surface area contributed by atoms with Gasteiger partial charge < -0.3 is 10.3 Å². The van der Waals surface area contributed by atoms with Crippen molar-refractivity contribution in [3.8, 4) is 11.4 Å². The molecule has 0 spiro atoms. The van der Waals surface area contributed by atoms with Crippen LogP contribution in [0.5, 0.6) is 0 Å². The van der Waals surface area contributed by atoms with E-state index in [1.165, 1.54) is 0 Å². The number of aromatic nitrogens is 3. The van der Waals surface area contributed by atoms with E-state index in [2.05, 4.69) is 15.1 Å². The first-order chi connectivity index (χ1) is 8.54. The molecule has 0 saturated carbocycles. The Morgan fingerprint density at radius 3 is 2.94 bits per heavy atom. The van der Waals surface area contributed by atoms with E-state index in [0.29, 0.717) is 11.7 Å². The molecule has 0 aromatic carbocycles. The number of nitrogens with two attached hydrogens (primary N) is 1. The summed E-state index contributed by atoms with van der Waals surface area (Å²) in [5.74, 6) is 0.940. The van der Waals surface area contributed by atoms with Gasteiger partial charge in [0.25, 0.3) is 0 Å². The van der Waals surface area contributed by atoms with Crippen LogP contribution in [0, 0.1) is 0 Å². The van der Waals surface area contributed by atoms with Crippen molar-refractivity contribution >= 4 is 21.6 Å². The number of rotatable bonds is 2. The van der Waals surface area contributed by atoms with Crippen LogP contribution in [0.15, 0.2) is 28.2 Å². The summed E-state index contributed by atoms with van der Waals surface area (Å²) in [5.41, 5.74) is 7.09. The SMILES string of the molecule is CC(C)(N)c1nc(-c2cnc3ccsc3c2)no1. The highest BCUT2D eigenvalue weighted by Crippen LogP contribution is 2.25. The molecule has 0 atom stereocenters.